The van der Waals surface area contributed by atoms with Crippen LogP contribution in [0.15, 0.2) is 12.7 Å². The average molecular weight is 308 g/mol. The minimum atomic E-state index is -0.834. The Morgan fingerprint density at radius 2 is 2.00 bits per heavy atom. The van der Waals surface area contributed by atoms with Gasteiger partial charge in [0, 0.05) is 18.3 Å². The first-order valence-corrected chi connectivity index (χ1v) is 8.25. The van der Waals surface area contributed by atoms with E-state index in [4.69, 9.17) is 19.2 Å². The molecule has 5 aliphatic rings. The Balaban J connectivity index is 1.88. The minimum absolute atomic E-state index is 0.0346. The van der Waals surface area contributed by atoms with Crippen molar-refractivity contribution in [2.45, 2.75) is 64.1 Å². The predicted octanol–water partition coefficient (Wildman–Crippen LogP) is 2.95. The van der Waals surface area contributed by atoms with Crippen molar-refractivity contribution in [2.75, 3.05) is 0 Å². The highest BCUT2D eigenvalue weighted by molar-refractivity contribution is 5.80. The van der Waals surface area contributed by atoms with E-state index in [0.717, 1.165) is 25.7 Å². The van der Waals surface area contributed by atoms with Gasteiger partial charge in [-0.05, 0) is 39.0 Å². The van der Waals surface area contributed by atoms with Gasteiger partial charge in [0.25, 0.3) is 0 Å². The molecule has 5 nitrogen and oxygen atoms in total. The fraction of sp³-hybridized carbons (Fsp3) is 0.824. The number of rotatable bonds is 1. The normalized spacial score (nSPS) is 56.8. The second kappa shape index (κ2) is 4.34. The van der Waals surface area contributed by atoms with Crippen LogP contribution >= 0.6 is 0 Å². The third-order valence-corrected chi connectivity index (χ3v) is 6.52. The van der Waals surface area contributed by atoms with Crippen LogP contribution < -0.4 is 0 Å². The van der Waals surface area contributed by atoms with Crippen molar-refractivity contribution in [3.05, 3.63) is 12.7 Å². The van der Waals surface area contributed by atoms with Crippen LogP contribution in [-0.4, -0.2) is 23.6 Å². The number of carbonyl (C=O) groups excluding carboxylic acids is 1. The number of hydrogen-bond acceptors (Lipinski definition) is 5. The number of hydrogen-bond donors (Lipinski definition) is 0. The van der Waals surface area contributed by atoms with Gasteiger partial charge in [-0.15, -0.1) is 6.58 Å². The second-order valence-corrected chi connectivity index (χ2v) is 7.75. The molecule has 4 saturated heterocycles. The highest BCUT2D eigenvalue weighted by Crippen LogP contribution is 2.62. The van der Waals surface area contributed by atoms with E-state index in [0.29, 0.717) is 5.92 Å². The maximum absolute atomic E-state index is 12.6. The predicted molar refractivity (Wildman–Crippen MR) is 77.2 cm³/mol. The molecular weight excluding hydrogens is 284 g/mol. The lowest BCUT2D eigenvalue weighted by molar-refractivity contribution is -0.561. The first-order chi connectivity index (χ1) is 10.4. The van der Waals surface area contributed by atoms with Gasteiger partial charge in [0.1, 0.15) is 0 Å². The van der Waals surface area contributed by atoms with E-state index in [1.54, 1.807) is 6.08 Å². The summed E-state index contributed by atoms with van der Waals surface area (Å²) in [6, 6.07) is 0. The molecule has 7 atom stereocenters. The van der Waals surface area contributed by atoms with E-state index in [9.17, 15) is 4.79 Å². The summed E-state index contributed by atoms with van der Waals surface area (Å²) in [5.74, 6) is -0.395. The molecule has 0 N–H and O–H groups in total. The molecule has 4 aliphatic heterocycles. The van der Waals surface area contributed by atoms with Gasteiger partial charge in [-0.1, -0.05) is 13.0 Å². The van der Waals surface area contributed by atoms with Crippen LogP contribution in [0, 0.1) is 23.2 Å². The van der Waals surface area contributed by atoms with Crippen molar-refractivity contribution in [2.24, 2.45) is 23.2 Å². The molecule has 2 bridgehead atoms. The zero-order valence-corrected chi connectivity index (χ0v) is 13.5. The summed E-state index contributed by atoms with van der Waals surface area (Å²) in [6.07, 6.45) is 4.67. The molecule has 1 saturated carbocycles. The summed E-state index contributed by atoms with van der Waals surface area (Å²) in [5, 5.41) is 0. The van der Waals surface area contributed by atoms with Gasteiger partial charge < -0.3 is 9.47 Å². The molecule has 122 valence electrons. The third-order valence-electron chi connectivity index (χ3n) is 6.52. The van der Waals surface area contributed by atoms with E-state index < -0.39 is 23.1 Å². The maximum Gasteiger partial charge on any atom is 0.318 e. The first-order valence-electron chi connectivity index (χ1n) is 8.25. The van der Waals surface area contributed by atoms with E-state index >= 15 is 0 Å². The van der Waals surface area contributed by atoms with Crippen LogP contribution in [-0.2, 0) is 24.0 Å². The van der Waals surface area contributed by atoms with E-state index in [1.807, 2.05) is 13.8 Å². The number of esters is 1. The SMILES string of the molecule is C=CC1(C)C(=O)OC2O[C@@]3(C)CCC4C(C)CC[C@@H]1[C@@]24OO3. The van der Waals surface area contributed by atoms with E-state index in [2.05, 4.69) is 13.5 Å². The average Bonchev–Trinajstić information content (AvgIpc) is 2.71. The molecule has 5 heteroatoms. The van der Waals surface area contributed by atoms with Gasteiger partial charge in [0.15, 0.2) is 5.60 Å². The van der Waals surface area contributed by atoms with E-state index in [-0.39, 0.29) is 17.8 Å². The molecule has 1 aliphatic carbocycles. The lowest BCUT2D eigenvalue weighted by Crippen LogP contribution is -2.72. The molecule has 0 radical (unpaired) electrons. The Morgan fingerprint density at radius 1 is 1.23 bits per heavy atom. The Kier molecular flexibility index (Phi) is 2.89. The fourth-order valence-electron chi connectivity index (χ4n) is 5.06. The summed E-state index contributed by atoms with van der Waals surface area (Å²) >= 11 is 0. The standard InChI is InChI=1S/C17H24O5/c1-5-15(3)12-7-6-10(2)11-8-9-16(4)20-14(19-13(15)18)17(11,12)22-21-16/h5,10-12,14H,1,6-9H2,2-4H3/t10?,11?,12-,14?,15?,16+,17+/m0/s1. The quantitative estimate of drug-likeness (QED) is 0.423. The molecule has 5 rings (SSSR count). The Hall–Kier alpha value is -0.910. The summed E-state index contributed by atoms with van der Waals surface area (Å²) in [7, 11) is 0. The Morgan fingerprint density at radius 3 is 2.73 bits per heavy atom. The zero-order chi connectivity index (χ0) is 15.8. The highest BCUT2D eigenvalue weighted by atomic mass is 17.3. The fourth-order valence-corrected chi connectivity index (χ4v) is 5.06. The lowest BCUT2D eigenvalue weighted by atomic mass is 9.54. The summed E-state index contributed by atoms with van der Waals surface area (Å²) in [4.78, 5) is 24.3. The van der Waals surface area contributed by atoms with Crippen LogP contribution in [0.25, 0.3) is 0 Å². The molecule has 0 aromatic heterocycles. The molecule has 0 aromatic rings. The molecule has 5 fully saturated rings. The molecule has 0 aromatic carbocycles. The molecule has 4 unspecified atom stereocenters. The van der Waals surface area contributed by atoms with Gasteiger partial charge in [-0.3, -0.25) is 4.79 Å². The number of carbonyl (C=O) groups is 1. The topological polar surface area (TPSA) is 54.0 Å². The van der Waals surface area contributed by atoms with Crippen LogP contribution in [0.2, 0.25) is 0 Å². The Labute approximate surface area is 130 Å². The van der Waals surface area contributed by atoms with Crippen LogP contribution in [0.4, 0.5) is 0 Å². The molecular formula is C17H24O5. The maximum atomic E-state index is 12.6. The zero-order valence-electron chi connectivity index (χ0n) is 13.5. The smallest absolute Gasteiger partial charge is 0.318 e. The van der Waals surface area contributed by atoms with Crippen molar-refractivity contribution in [1.29, 1.82) is 0 Å². The number of ether oxygens (including phenoxy) is 2. The Bertz CT molecular complexity index is 533. The molecule has 1 spiro atoms. The van der Waals surface area contributed by atoms with Crippen LogP contribution in [0.1, 0.15) is 46.5 Å². The molecule has 22 heavy (non-hydrogen) atoms. The van der Waals surface area contributed by atoms with Crippen molar-refractivity contribution < 1.29 is 24.0 Å². The third kappa shape index (κ3) is 1.57. The van der Waals surface area contributed by atoms with Crippen LogP contribution in [0.3, 0.4) is 0 Å². The van der Waals surface area contributed by atoms with Gasteiger partial charge in [-0.2, -0.15) is 0 Å². The molecule has 4 heterocycles. The monoisotopic (exact) mass is 308 g/mol. The summed E-state index contributed by atoms with van der Waals surface area (Å²) in [5.41, 5.74) is -1.48. The highest BCUT2D eigenvalue weighted by Gasteiger charge is 2.72. The first kappa shape index (κ1) is 14.7. The van der Waals surface area contributed by atoms with Crippen molar-refractivity contribution in [1.82, 2.24) is 0 Å². The van der Waals surface area contributed by atoms with Crippen molar-refractivity contribution in [3.63, 3.8) is 0 Å². The molecule has 0 amide bonds. The lowest BCUT2D eigenvalue weighted by Gasteiger charge is -2.60. The summed E-state index contributed by atoms with van der Waals surface area (Å²) < 4.78 is 11.8. The van der Waals surface area contributed by atoms with Gasteiger partial charge in [0.2, 0.25) is 12.1 Å². The van der Waals surface area contributed by atoms with Crippen molar-refractivity contribution in [3.8, 4) is 0 Å². The minimum Gasteiger partial charge on any atom is -0.432 e. The number of fused-ring (bicyclic) bond motifs is 2. The van der Waals surface area contributed by atoms with Gasteiger partial charge in [-0.25, -0.2) is 9.78 Å². The summed E-state index contributed by atoms with van der Waals surface area (Å²) in [6.45, 7) is 9.89. The van der Waals surface area contributed by atoms with Crippen LogP contribution in [0.5, 0.6) is 0 Å². The largest absolute Gasteiger partial charge is 0.432 e. The van der Waals surface area contributed by atoms with Gasteiger partial charge >= 0.3 is 5.97 Å². The van der Waals surface area contributed by atoms with Gasteiger partial charge in [0.05, 0.1) is 5.41 Å². The van der Waals surface area contributed by atoms with Crippen molar-refractivity contribution >= 4 is 5.97 Å². The second-order valence-electron chi connectivity index (χ2n) is 7.75. The van der Waals surface area contributed by atoms with E-state index in [1.165, 1.54) is 0 Å².